The van der Waals surface area contributed by atoms with Crippen LogP contribution in [-0.2, 0) is 14.8 Å². The second-order valence-corrected chi connectivity index (χ2v) is 6.82. The highest BCUT2D eigenvalue weighted by Gasteiger charge is 2.22. The van der Waals surface area contributed by atoms with E-state index in [0.717, 1.165) is 0 Å². The van der Waals surface area contributed by atoms with E-state index in [1.807, 2.05) is 13.0 Å². The van der Waals surface area contributed by atoms with Crippen LogP contribution in [0.2, 0.25) is 0 Å². The number of carbonyl (C=O) groups is 1. The molecular formula is C17H20N2O4S. The molecule has 6 nitrogen and oxygen atoms in total. The molecule has 0 saturated carbocycles. The number of ether oxygens (including phenoxy) is 1. The zero-order chi connectivity index (χ0) is 17.6. The Bertz CT molecular complexity index is 774. The van der Waals surface area contributed by atoms with Crippen molar-refractivity contribution in [2.75, 3.05) is 11.9 Å². The molecule has 2 rings (SSSR count). The molecule has 0 spiro atoms. The van der Waals surface area contributed by atoms with Crippen molar-refractivity contribution in [3.8, 4) is 5.75 Å². The average molecular weight is 348 g/mol. The van der Waals surface area contributed by atoms with Crippen LogP contribution in [0.3, 0.4) is 0 Å². The smallest absolute Gasteiger partial charge is 0.242 e. The molecular weight excluding hydrogens is 328 g/mol. The van der Waals surface area contributed by atoms with Crippen LogP contribution in [-0.4, -0.2) is 27.0 Å². The fraction of sp³-hybridized carbons (Fsp3) is 0.235. The maximum atomic E-state index is 12.3. The first kappa shape index (κ1) is 18.0. The summed E-state index contributed by atoms with van der Waals surface area (Å²) in [5.74, 6) is 0.155. The zero-order valence-electron chi connectivity index (χ0n) is 13.5. The monoisotopic (exact) mass is 348 g/mol. The van der Waals surface area contributed by atoms with Gasteiger partial charge >= 0.3 is 0 Å². The number of hydrogen-bond donors (Lipinski definition) is 2. The molecule has 0 heterocycles. The van der Waals surface area contributed by atoms with Crippen LogP contribution in [0, 0.1) is 0 Å². The lowest BCUT2D eigenvalue weighted by Crippen LogP contribution is -2.41. The molecule has 7 heteroatoms. The molecule has 128 valence electrons. The van der Waals surface area contributed by atoms with Gasteiger partial charge in [0.1, 0.15) is 5.75 Å². The maximum Gasteiger partial charge on any atom is 0.242 e. The lowest BCUT2D eigenvalue weighted by molar-refractivity contribution is -0.117. The molecule has 0 aliphatic heterocycles. The van der Waals surface area contributed by atoms with Gasteiger partial charge in [-0.1, -0.05) is 18.2 Å². The lowest BCUT2D eigenvalue weighted by Gasteiger charge is -2.14. The van der Waals surface area contributed by atoms with E-state index in [1.54, 1.807) is 36.4 Å². The van der Waals surface area contributed by atoms with Gasteiger partial charge in [0.25, 0.3) is 0 Å². The highest BCUT2D eigenvalue weighted by molar-refractivity contribution is 7.89. The SMILES string of the molecule is CCOc1ccc(S(=O)(=O)N[C@H](C)C(=O)Nc2ccccc2)cc1. The fourth-order valence-corrected chi connectivity index (χ4v) is 3.21. The van der Waals surface area contributed by atoms with E-state index >= 15 is 0 Å². The van der Waals surface area contributed by atoms with Crippen molar-refractivity contribution in [2.45, 2.75) is 24.8 Å². The number of amides is 1. The van der Waals surface area contributed by atoms with Crippen LogP contribution >= 0.6 is 0 Å². The fourth-order valence-electron chi connectivity index (χ4n) is 2.01. The van der Waals surface area contributed by atoms with Crippen molar-refractivity contribution in [1.82, 2.24) is 4.72 Å². The molecule has 2 aromatic rings. The van der Waals surface area contributed by atoms with Crippen molar-refractivity contribution in [3.63, 3.8) is 0 Å². The molecule has 0 radical (unpaired) electrons. The van der Waals surface area contributed by atoms with Crippen LogP contribution in [0.15, 0.2) is 59.5 Å². The van der Waals surface area contributed by atoms with Crippen molar-refractivity contribution in [1.29, 1.82) is 0 Å². The van der Waals surface area contributed by atoms with E-state index in [9.17, 15) is 13.2 Å². The van der Waals surface area contributed by atoms with Gasteiger partial charge in [0.2, 0.25) is 15.9 Å². The van der Waals surface area contributed by atoms with Crippen LogP contribution in [0.25, 0.3) is 0 Å². The molecule has 2 N–H and O–H groups in total. The van der Waals surface area contributed by atoms with Gasteiger partial charge in [-0.05, 0) is 50.2 Å². The zero-order valence-corrected chi connectivity index (χ0v) is 14.3. The number of rotatable bonds is 7. The summed E-state index contributed by atoms with van der Waals surface area (Å²) < 4.78 is 32.3. The van der Waals surface area contributed by atoms with E-state index in [2.05, 4.69) is 10.0 Å². The normalized spacial score (nSPS) is 12.4. The molecule has 24 heavy (non-hydrogen) atoms. The van der Waals surface area contributed by atoms with Gasteiger partial charge in [0.05, 0.1) is 17.5 Å². The Hall–Kier alpha value is -2.38. The summed E-state index contributed by atoms with van der Waals surface area (Å²) in [7, 11) is -3.79. The second-order valence-electron chi connectivity index (χ2n) is 5.10. The average Bonchev–Trinajstić information content (AvgIpc) is 2.56. The number of carbonyl (C=O) groups excluding carboxylic acids is 1. The van der Waals surface area contributed by atoms with E-state index in [4.69, 9.17) is 4.74 Å². The van der Waals surface area contributed by atoms with Gasteiger partial charge in [-0.2, -0.15) is 4.72 Å². The number of sulfonamides is 1. The minimum atomic E-state index is -3.79. The number of benzene rings is 2. The van der Waals surface area contributed by atoms with Gasteiger partial charge in [0, 0.05) is 5.69 Å². The second kappa shape index (κ2) is 7.94. The first-order chi connectivity index (χ1) is 11.4. The van der Waals surface area contributed by atoms with Crippen LogP contribution < -0.4 is 14.8 Å². The predicted molar refractivity (Wildman–Crippen MR) is 92.5 cm³/mol. The van der Waals surface area contributed by atoms with Gasteiger partial charge in [-0.15, -0.1) is 0 Å². The summed E-state index contributed by atoms with van der Waals surface area (Å²) in [6, 6.07) is 14.0. The van der Waals surface area contributed by atoms with Crippen LogP contribution in [0.4, 0.5) is 5.69 Å². The number of anilines is 1. The Morgan fingerprint density at radius 3 is 2.29 bits per heavy atom. The molecule has 0 unspecified atom stereocenters. The van der Waals surface area contributed by atoms with Crippen LogP contribution in [0.1, 0.15) is 13.8 Å². The van der Waals surface area contributed by atoms with E-state index in [-0.39, 0.29) is 4.90 Å². The first-order valence-corrected chi connectivity index (χ1v) is 9.02. The Kier molecular flexibility index (Phi) is 5.94. The highest BCUT2D eigenvalue weighted by Crippen LogP contribution is 2.16. The Morgan fingerprint density at radius 2 is 1.71 bits per heavy atom. The topological polar surface area (TPSA) is 84.5 Å². The van der Waals surface area contributed by atoms with Gasteiger partial charge in [0.15, 0.2) is 0 Å². The Balaban J connectivity index is 2.03. The summed E-state index contributed by atoms with van der Waals surface area (Å²) in [5, 5.41) is 2.66. The molecule has 0 saturated heterocycles. The minimum absolute atomic E-state index is 0.0744. The summed E-state index contributed by atoms with van der Waals surface area (Å²) >= 11 is 0. The van der Waals surface area contributed by atoms with Crippen molar-refractivity contribution in [2.24, 2.45) is 0 Å². The third-order valence-corrected chi connectivity index (χ3v) is 4.77. The summed E-state index contributed by atoms with van der Waals surface area (Å²) in [4.78, 5) is 12.2. The molecule has 1 amide bonds. The number of nitrogens with one attached hydrogen (secondary N) is 2. The van der Waals surface area contributed by atoms with Crippen molar-refractivity contribution in [3.05, 3.63) is 54.6 Å². The van der Waals surface area contributed by atoms with Gasteiger partial charge < -0.3 is 10.1 Å². The summed E-state index contributed by atoms with van der Waals surface area (Å²) in [5.41, 5.74) is 0.606. The minimum Gasteiger partial charge on any atom is -0.494 e. The van der Waals surface area contributed by atoms with E-state index in [1.165, 1.54) is 19.1 Å². The molecule has 0 fully saturated rings. The molecule has 0 aliphatic carbocycles. The van der Waals surface area contributed by atoms with E-state index < -0.39 is 22.0 Å². The molecule has 1 atom stereocenters. The molecule has 0 bridgehead atoms. The number of para-hydroxylation sites is 1. The van der Waals surface area contributed by atoms with Crippen molar-refractivity contribution >= 4 is 21.6 Å². The molecule has 0 aromatic heterocycles. The third kappa shape index (κ3) is 4.81. The predicted octanol–water partition coefficient (Wildman–Crippen LogP) is 2.39. The lowest BCUT2D eigenvalue weighted by atomic mass is 10.3. The Morgan fingerprint density at radius 1 is 1.08 bits per heavy atom. The third-order valence-electron chi connectivity index (χ3n) is 3.21. The van der Waals surface area contributed by atoms with Gasteiger partial charge in [-0.3, -0.25) is 4.79 Å². The van der Waals surface area contributed by atoms with Gasteiger partial charge in [-0.25, -0.2) is 8.42 Å². The first-order valence-electron chi connectivity index (χ1n) is 7.53. The number of hydrogen-bond acceptors (Lipinski definition) is 4. The highest BCUT2D eigenvalue weighted by atomic mass is 32.2. The van der Waals surface area contributed by atoms with E-state index in [0.29, 0.717) is 18.0 Å². The van der Waals surface area contributed by atoms with Crippen LogP contribution in [0.5, 0.6) is 5.75 Å². The quantitative estimate of drug-likeness (QED) is 0.805. The molecule has 2 aromatic carbocycles. The molecule has 0 aliphatic rings. The largest absolute Gasteiger partial charge is 0.494 e. The maximum absolute atomic E-state index is 12.3. The summed E-state index contributed by atoms with van der Waals surface area (Å²) in [6.45, 7) is 3.84. The van der Waals surface area contributed by atoms with Crippen molar-refractivity contribution < 1.29 is 17.9 Å². The standard InChI is InChI=1S/C17H20N2O4S/c1-3-23-15-9-11-16(12-10-15)24(21,22)19-13(2)17(20)18-14-7-5-4-6-8-14/h4-13,19H,3H2,1-2H3,(H,18,20)/t13-/m1/s1. The summed E-state index contributed by atoms with van der Waals surface area (Å²) in [6.07, 6.45) is 0. The Labute approximate surface area is 141 Å².